The van der Waals surface area contributed by atoms with Gasteiger partial charge in [-0.2, -0.15) is 0 Å². The summed E-state index contributed by atoms with van der Waals surface area (Å²) in [4.78, 5) is 57.8. The molecule has 0 aliphatic carbocycles. The molecule has 6 aromatic rings. The van der Waals surface area contributed by atoms with Crippen molar-refractivity contribution in [1.29, 1.82) is 0 Å². The summed E-state index contributed by atoms with van der Waals surface area (Å²) in [5.41, 5.74) is -3.83. The van der Waals surface area contributed by atoms with E-state index in [1.165, 1.54) is 46.2 Å². The molecule has 7 rings (SSSR count). The molecule has 8 nitrogen and oxygen atoms in total. The molecule has 2 amide bonds. The molecule has 1 aliphatic rings. The van der Waals surface area contributed by atoms with Gasteiger partial charge in [-0.25, -0.2) is 17.6 Å². The summed E-state index contributed by atoms with van der Waals surface area (Å²) in [7, 11) is 0. The highest BCUT2D eigenvalue weighted by Gasteiger charge is 2.34. The average molecular weight is 723 g/mol. The van der Waals surface area contributed by atoms with Crippen molar-refractivity contribution in [2.45, 2.75) is 0 Å². The average Bonchev–Trinajstić information content (AvgIpc) is 3.09. The van der Waals surface area contributed by atoms with Gasteiger partial charge in [-0.05, 0) is 60.7 Å². The van der Waals surface area contributed by atoms with E-state index in [0.29, 0.717) is 0 Å². The van der Waals surface area contributed by atoms with Crippen molar-refractivity contribution in [3.8, 4) is 22.6 Å². The van der Waals surface area contributed by atoms with Crippen LogP contribution in [0.4, 0.5) is 17.6 Å². The van der Waals surface area contributed by atoms with Crippen LogP contribution in [0.3, 0.4) is 0 Å². The zero-order valence-corrected chi connectivity index (χ0v) is 26.9. The Hall–Kier alpha value is -5.46. The standard InChI is InChI=1S/C36H20Cl2F4N2O6/c37-17-1-5-21-27(13-17)49-33(23-15-19(39)3-7-25(23)41)29(31(21)45)35(47)43-9-11-44(12-10-43)36(48)30-32(46)22-6-2-18(38)14-28(22)50-34(30)24-16-20(40)4-8-26(24)42/h1-8,13-16H,9-12H2. The largest absolute Gasteiger partial charge is 0.455 e. The normalized spacial score (nSPS) is 13.3. The van der Waals surface area contributed by atoms with Crippen LogP contribution in [-0.2, 0) is 0 Å². The first-order chi connectivity index (χ1) is 23.9. The van der Waals surface area contributed by atoms with Crippen molar-refractivity contribution >= 4 is 57.0 Å². The molecule has 2 aromatic heterocycles. The Bertz CT molecular complexity index is 2350. The quantitative estimate of drug-likeness (QED) is 0.173. The third-order valence-electron chi connectivity index (χ3n) is 8.34. The highest BCUT2D eigenvalue weighted by Crippen LogP contribution is 2.33. The molecule has 14 heteroatoms. The van der Waals surface area contributed by atoms with Crippen molar-refractivity contribution in [1.82, 2.24) is 9.80 Å². The van der Waals surface area contributed by atoms with Gasteiger partial charge in [-0.3, -0.25) is 19.2 Å². The minimum absolute atomic E-state index is 0.0337. The number of fused-ring (bicyclic) bond motifs is 2. The summed E-state index contributed by atoms with van der Waals surface area (Å²) in [6.07, 6.45) is 0. The number of carbonyl (C=O) groups is 2. The molecular weight excluding hydrogens is 703 g/mol. The second-order valence-corrected chi connectivity index (χ2v) is 12.3. The lowest BCUT2D eigenvalue weighted by Crippen LogP contribution is -2.52. The molecule has 50 heavy (non-hydrogen) atoms. The monoisotopic (exact) mass is 722 g/mol. The van der Waals surface area contributed by atoms with Crippen LogP contribution >= 0.6 is 23.2 Å². The number of piperazine rings is 1. The molecule has 0 bridgehead atoms. The van der Waals surface area contributed by atoms with Crippen molar-refractivity contribution in [3.63, 3.8) is 0 Å². The van der Waals surface area contributed by atoms with Crippen molar-refractivity contribution in [2.75, 3.05) is 26.2 Å². The predicted molar refractivity (Wildman–Crippen MR) is 177 cm³/mol. The van der Waals surface area contributed by atoms with Crippen LogP contribution in [-0.4, -0.2) is 47.8 Å². The zero-order chi connectivity index (χ0) is 35.4. The fourth-order valence-corrected chi connectivity index (χ4v) is 6.20. The number of carbonyl (C=O) groups excluding carboxylic acids is 2. The molecule has 252 valence electrons. The van der Waals surface area contributed by atoms with Crippen molar-refractivity contribution in [2.24, 2.45) is 0 Å². The van der Waals surface area contributed by atoms with E-state index in [0.717, 1.165) is 36.4 Å². The molecule has 0 unspecified atom stereocenters. The van der Waals surface area contributed by atoms with Gasteiger partial charge in [-0.1, -0.05) is 23.2 Å². The van der Waals surface area contributed by atoms with Crippen molar-refractivity contribution in [3.05, 3.63) is 138 Å². The van der Waals surface area contributed by atoms with E-state index in [1.54, 1.807) is 0 Å². The van der Waals surface area contributed by atoms with E-state index in [9.17, 15) is 36.7 Å². The molecule has 0 N–H and O–H groups in total. The number of amides is 2. The van der Waals surface area contributed by atoms with Crippen LogP contribution in [0.1, 0.15) is 20.7 Å². The first-order valence-corrected chi connectivity index (χ1v) is 15.7. The number of hydrogen-bond acceptors (Lipinski definition) is 6. The first-order valence-electron chi connectivity index (χ1n) is 14.9. The third kappa shape index (κ3) is 5.80. The molecule has 1 fully saturated rings. The van der Waals surface area contributed by atoms with E-state index in [4.69, 9.17) is 32.0 Å². The van der Waals surface area contributed by atoms with Gasteiger partial charge in [0.25, 0.3) is 11.8 Å². The second-order valence-electron chi connectivity index (χ2n) is 11.4. The van der Waals surface area contributed by atoms with Gasteiger partial charge in [0.1, 0.15) is 45.6 Å². The maximum Gasteiger partial charge on any atom is 0.261 e. The second kappa shape index (κ2) is 12.8. The van der Waals surface area contributed by atoms with Gasteiger partial charge in [0.15, 0.2) is 11.5 Å². The topological polar surface area (TPSA) is 101 Å². The minimum atomic E-state index is -0.956. The molecule has 4 aromatic carbocycles. The molecule has 0 radical (unpaired) electrons. The highest BCUT2D eigenvalue weighted by atomic mass is 35.5. The van der Waals surface area contributed by atoms with Gasteiger partial charge in [0, 0.05) is 48.4 Å². The van der Waals surface area contributed by atoms with E-state index in [-0.39, 0.29) is 58.2 Å². The third-order valence-corrected chi connectivity index (χ3v) is 8.81. The highest BCUT2D eigenvalue weighted by molar-refractivity contribution is 6.31. The van der Waals surface area contributed by atoms with Crippen LogP contribution in [0.5, 0.6) is 0 Å². The van der Waals surface area contributed by atoms with E-state index >= 15 is 0 Å². The summed E-state index contributed by atoms with van der Waals surface area (Å²) in [5.74, 6) is -6.40. The van der Waals surface area contributed by atoms with Crippen LogP contribution in [0.2, 0.25) is 10.0 Å². The van der Waals surface area contributed by atoms with Crippen LogP contribution in [0.25, 0.3) is 44.6 Å². The fourth-order valence-electron chi connectivity index (χ4n) is 5.87. The van der Waals surface area contributed by atoms with Crippen molar-refractivity contribution < 1.29 is 36.0 Å². The van der Waals surface area contributed by atoms with E-state index in [1.807, 2.05) is 0 Å². The Kier molecular flexibility index (Phi) is 8.44. The molecule has 3 heterocycles. The smallest absolute Gasteiger partial charge is 0.261 e. The van der Waals surface area contributed by atoms with Crippen LogP contribution < -0.4 is 10.9 Å². The van der Waals surface area contributed by atoms with Gasteiger partial charge in [0.2, 0.25) is 10.9 Å². The Morgan fingerprint density at radius 1 is 0.560 bits per heavy atom. The van der Waals surface area contributed by atoms with Gasteiger partial charge in [0.05, 0.1) is 21.9 Å². The molecule has 0 atom stereocenters. The SMILES string of the molecule is O=C(c1c(-c2cc(F)ccc2F)oc2cc(Cl)ccc2c1=O)N1CCN(C(=O)c2c(-c3cc(F)ccc3F)oc3cc(Cl)ccc3c2=O)CC1. The minimum Gasteiger partial charge on any atom is -0.455 e. The Morgan fingerprint density at radius 2 is 0.940 bits per heavy atom. The summed E-state index contributed by atoms with van der Waals surface area (Å²) >= 11 is 12.1. The van der Waals surface area contributed by atoms with Gasteiger partial charge < -0.3 is 18.6 Å². The van der Waals surface area contributed by atoms with Gasteiger partial charge in [-0.15, -0.1) is 0 Å². The Labute approximate surface area is 288 Å². The zero-order valence-electron chi connectivity index (χ0n) is 25.4. The number of hydrogen-bond donors (Lipinski definition) is 0. The predicted octanol–water partition coefficient (Wildman–Crippen LogP) is 7.69. The lowest BCUT2D eigenvalue weighted by Gasteiger charge is -2.35. The lowest BCUT2D eigenvalue weighted by molar-refractivity contribution is 0.0533. The maximum absolute atomic E-state index is 15.0. The molecular formula is C36H20Cl2F4N2O6. The number of rotatable bonds is 4. The number of halogens is 6. The number of nitrogens with zero attached hydrogens (tertiary/aromatic N) is 2. The van der Waals surface area contributed by atoms with E-state index in [2.05, 4.69) is 0 Å². The maximum atomic E-state index is 15.0. The van der Waals surface area contributed by atoms with E-state index < -0.39 is 79.7 Å². The summed E-state index contributed by atoms with van der Waals surface area (Å²) < 4.78 is 70.1. The first kappa shape index (κ1) is 33.1. The molecule has 1 aliphatic heterocycles. The fraction of sp³-hybridized carbons (Fsp3) is 0.111. The molecule has 0 saturated carbocycles. The number of benzene rings is 4. The molecule has 1 saturated heterocycles. The summed E-state index contributed by atoms with van der Waals surface area (Å²) in [5, 5.41) is 0.319. The summed E-state index contributed by atoms with van der Waals surface area (Å²) in [6, 6.07) is 13.1. The molecule has 0 spiro atoms. The van der Waals surface area contributed by atoms with Crippen LogP contribution in [0, 0.1) is 23.3 Å². The Morgan fingerprint density at radius 3 is 1.32 bits per heavy atom. The lowest BCUT2D eigenvalue weighted by atomic mass is 10.0. The van der Waals surface area contributed by atoms with Crippen LogP contribution in [0.15, 0.2) is 91.2 Å². The summed E-state index contributed by atoms with van der Waals surface area (Å²) in [6.45, 7) is -0.699. The Balaban J connectivity index is 1.25. The van der Waals surface area contributed by atoms with Gasteiger partial charge >= 0.3 is 0 Å².